The molecule has 3 rings (SSSR count). The summed E-state index contributed by atoms with van der Waals surface area (Å²) in [5.41, 5.74) is -3.09. The summed E-state index contributed by atoms with van der Waals surface area (Å²) in [6, 6.07) is 6.59. The second-order valence-corrected chi connectivity index (χ2v) is 12.7. The zero-order chi connectivity index (χ0) is 31.0. The highest BCUT2D eigenvalue weighted by atomic mass is 35.5. The second kappa shape index (κ2) is 11.7. The molecule has 2 aromatic rings. The number of hydrogen-bond acceptors (Lipinski definition) is 6. The summed E-state index contributed by atoms with van der Waals surface area (Å²) in [4.78, 5) is 26.3. The van der Waals surface area contributed by atoms with E-state index >= 15 is 0 Å². The van der Waals surface area contributed by atoms with Gasteiger partial charge >= 0.3 is 18.4 Å². The number of alkyl halides is 6. The Morgan fingerprint density at radius 3 is 2.37 bits per heavy atom. The van der Waals surface area contributed by atoms with Gasteiger partial charge in [-0.15, -0.1) is 4.36 Å². The van der Waals surface area contributed by atoms with Crippen molar-refractivity contribution < 1.29 is 49.6 Å². The van der Waals surface area contributed by atoms with Crippen molar-refractivity contribution in [1.29, 1.82) is 0 Å². The quantitative estimate of drug-likeness (QED) is 0.375. The molecule has 2 atom stereocenters. The molecule has 8 nitrogen and oxygen atoms in total. The number of nitrogens with one attached hydrogen (secondary N) is 1. The summed E-state index contributed by atoms with van der Waals surface area (Å²) in [5.74, 6) is -1.01. The van der Waals surface area contributed by atoms with Crippen molar-refractivity contribution in [2.45, 2.75) is 49.7 Å². The van der Waals surface area contributed by atoms with Gasteiger partial charge in [0.15, 0.2) is 6.10 Å². The minimum absolute atomic E-state index is 0.0126. The Morgan fingerprint density at radius 1 is 1.12 bits per heavy atom. The maximum Gasteiger partial charge on any atom is 0.442 e. The fourth-order valence-electron chi connectivity index (χ4n) is 3.77. The minimum Gasteiger partial charge on any atom is -0.442 e. The SMILES string of the molecule is CC(C)(C)OC(=O)N=[S@](C)(=O)c1cccc(NC(=O)c2cc(Cl)c(C(F)(F)F)cc2N2CCO[C@@H](C(F)(F)F)C2)c1. The van der Waals surface area contributed by atoms with Gasteiger partial charge in [0.2, 0.25) is 0 Å². The number of morpholine rings is 1. The number of anilines is 2. The number of nitrogens with zero attached hydrogens (tertiary/aromatic N) is 2. The lowest BCUT2D eigenvalue weighted by Gasteiger charge is -2.36. The van der Waals surface area contributed by atoms with Gasteiger partial charge in [-0.1, -0.05) is 17.7 Å². The molecule has 1 aliphatic rings. The van der Waals surface area contributed by atoms with Gasteiger partial charge in [-0.3, -0.25) is 4.79 Å². The lowest BCUT2D eigenvalue weighted by Crippen LogP contribution is -2.49. The van der Waals surface area contributed by atoms with Gasteiger partial charge in [0.25, 0.3) is 5.91 Å². The van der Waals surface area contributed by atoms with Crippen LogP contribution in [-0.4, -0.2) is 60.0 Å². The third-order valence-corrected chi connectivity index (χ3v) is 7.52. The van der Waals surface area contributed by atoms with Crippen LogP contribution in [0.2, 0.25) is 5.02 Å². The molecule has 0 aromatic heterocycles. The number of hydrogen-bond donors (Lipinski definition) is 1. The molecule has 16 heteroatoms. The van der Waals surface area contributed by atoms with Crippen molar-refractivity contribution in [2.24, 2.45) is 4.36 Å². The maximum absolute atomic E-state index is 13.6. The van der Waals surface area contributed by atoms with Crippen molar-refractivity contribution in [3.05, 3.63) is 52.5 Å². The van der Waals surface area contributed by atoms with Crippen LogP contribution in [0.25, 0.3) is 0 Å². The van der Waals surface area contributed by atoms with Gasteiger partial charge < -0.3 is 19.7 Å². The number of halogens is 7. The maximum atomic E-state index is 13.6. The molecule has 1 fully saturated rings. The van der Waals surface area contributed by atoms with Crippen molar-refractivity contribution in [2.75, 3.05) is 36.2 Å². The zero-order valence-corrected chi connectivity index (χ0v) is 23.7. The summed E-state index contributed by atoms with van der Waals surface area (Å²) in [5, 5.41) is 1.59. The van der Waals surface area contributed by atoms with E-state index < -0.39 is 80.8 Å². The molecule has 0 bridgehead atoms. The van der Waals surface area contributed by atoms with Crippen LogP contribution in [0.1, 0.15) is 36.7 Å². The number of amides is 2. The van der Waals surface area contributed by atoms with Crippen molar-refractivity contribution in [1.82, 2.24) is 0 Å². The summed E-state index contributed by atoms with van der Waals surface area (Å²) in [6.45, 7) is 3.23. The third kappa shape index (κ3) is 8.49. The zero-order valence-electron chi connectivity index (χ0n) is 22.2. The Hall–Kier alpha value is -3.04. The number of ether oxygens (including phenoxy) is 2. The highest BCUT2D eigenvalue weighted by Crippen LogP contribution is 2.40. The summed E-state index contributed by atoms with van der Waals surface area (Å²) in [7, 11) is -3.35. The normalized spacial score (nSPS) is 17.9. The molecular formula is C25H26ClF6N3O5S. The van der Waals surface area contributed by atoms with E-state index in [0.717, 1.165) is 11.0 Å². The Balaban J connectivity index is 1.99. The second-order valence-electron chi connectivity index (χ2n) is 10.1. The van der Waals surface area contributed by atoms with Gasteiger partial charge in [-0.25, -0.2) is 9.00 Å². The highest BCUT2D eigenvalue weighted by Gasteiger charge is 2.44. The Bertz CT molecular complexity index is 1450. The van der Waals surface area contributed by atoms with E-state index in [1.807, 2.05) is 0 Å². The molecule has 0 radical (unpaired) electrons. The average molecular weight is 630 g/mol. The fraction of sp³-hybridized carbons (Fsp3) is 0.440. The highest BCUT2D eigenvalue weighted by molar-refractivity contribution is 7.93. The summed E-state index contributed by atoms with van der Waals surface area (Å²) < 4.78 is 107. The number of carbonyl (C=O) groups is 2. The summed E-state index contributed by atoms with van der Waals surface area (Å²) >= 11 is 5.84. The van der Waals surface area contributed by atoms with Crippen LogP contribution >= 0.6 is 11.6 Å². The van der Waals surface area contributed by atoms with Crippen molar-refractivity contribution >= 4 is 44.7 Å². The van der Waals surface area contributed by atoms with Gasteiger partial charge in [-0.2, -0.15) is 26.3 Å². The van der Waals surface area contributed by atoms with Gasteiger partial charge in [0, 0.05) is 23.4 Å². The van der Waals surface area contributed by atoms with Crippen LogP contribution in [0.5, 0.6) is 0 Å². The van der Waals surface area contributed by atoms with Crippen LogP contribution in [-0.2, 0) is 25.4 Å². The molecule has 226 valence electrons. The molecule has 1 aliphatic heterocycles. The molecule has 0 unspecified atom stereocenters. The first-order valence-electron chi connectivity index (χ1n) is 11.9. The average Bonchev–Trinajstić information content (AvgIpc) is 2.81. The van der Waals surface area contributed by atoms with Gasteiger partial charge in [0.05, 0.1) is 44.7 Å². The molecule has 1 saturated heterocycles. The molecule has 0 spiro atoms. The standard InChI is InChI=1S/C25H26ClF6N3O5S/c1-23(2,3)40-22(37)34-41(4,38)15-7-5-6-14(10-15)33-21(36)16-11-18(26)17(24(27,28)29)12-19(16)35-8-9-39-20(13-35)25(30,31)32/h5-7,10-12,20H,8-9,13H2,1-4H3,(H,33,36)/t20-,41-/m1/s1. The van der Waals surface area contributed by atoms with E-state index in [4.69, 9.17) is 21.1 Å². The molecular weight excluding hydrogens is 604 g/mol. The molecule has 1 heterocycles. The Labute approximate surface area is 237 Å². The van der Waals surface area contributed by atoms with Crippen molar-refractivity contribution in [3.63, 3.8) is 0 Å². The first kappa shape index (κ1) is 32.5. The molecule has 2 amide bonds. The minimum atomic E-state index is -4.95. The van der Waals surface area contributed by atoms with E-state index in [1.165, 1.54) is 30.5 Å². The van der Waals surface area contributed by atoms with E-state index in [1.54, 1.807) is 20.8 Å². The van der Waals surface area contributed by atoms with E-state index in [0.29, 0.717) is 6.07 Å². The Morgan fingerprint density at radius 2 is 1.78 bits per heavy atom. The Kier molecular flexibility index (Phi) is 9.25. The molecule has 0 aliphatic carbocycles. The number of carbonyl (C=O) groups excluding carboxylic acids is 2. The van der Waals surface area contributed by atoms with Crippen LogP contribution in [0.4, 0.5) is 42.5 Å². The van der Waals surface area contributed by atoms with Crippen molar-refractivity contribution in [3.8, 4) is 0 Å². The number of rotatable bonds is 4. The third-order valence-electron chi connectivity index (χ3n) is 5.58. The van der Waals surface area contributed by atoms with Crippen LogP contribution < -0.4 is 10.2 Å². The monoisotopic (exact) mass is 629 g/mol. The largest absolute Gasteiger partial charge is 0.442 e. The summed E-state index contributed by atoms with van der Waals surface area (Å²) in [6.07, 6.45) is -11.9. The van der Waals surface area contributed by atoms with E-state index in [2.05, 4.69) is 9.68 Å². The van der Waals surface area contributed by atoms with Gasteiger partial charge in [-0.05, 0) is 51.1 Å². The van der Waals surface area contributed by atoms with E-state index in [-0.39, 0.29) is 17.1 Å². The molecule has 41 heavy (non-hydrogen) atoms. The predicted molar refractivity (Wildman–Crippen MR) is 140 cm³/mol. The molecule has 2 aromatic carbocycles. The van der Waals surface area contributed by atoms with E-state index in [9.17, 15) is 40.1 Å². The number of benzene rings is 2. The van der Waals surface area contributed by atoms with Gasteiger partial charge in [0.1, 0.15) is 5.60 Å². The van der Waals surface area contributed by atoms with Crippen LogP contribution in [0.3, 0.4) is 0 Å². The lowest BCUT2D eigenvalue weighted by atomic mass is 10.0. The topological polar surface area (TPSA) is 97.3 Å². The predicted octanol–water partition coefficient (Wildman–Crippen LogP) is 6.77. The van der Waals surface area contributed by atoms with Crippen LogP contribution in [0, 0.1) is 0 Å². The smallest absolute Gasteiger partial charge is 0.442 e. The van der Waals surface area contributed by atoms with Crippen LogP contribution in [0.15, 0.2) is 45.7 Å². The lowest BCUT2D eigenvalue weighted by molar-refractivity contribution is -0.221. The first-order valence-corrected chi connectivity index (χ1v) is 14.2. The first-order chi connectivity index (χ1) is 18.7. The molecule has 1 N–H and O–H groups in total. The molecule has 0 saturated carbocycles. The fourth-order valence-corrected chi connectivity index (χ4v) is 5.15.